The lowest BCUT2D eigenvalue weighted by atomic mass is 9.75. The van der Waals surface area contributed by atoms with Crippen LogP contribution in [0.1, 0.15) is 57.1 Å². The summed E-state index contributed by atoms with van der Waals surface area (Å²) in [7, 11) is 3.48. The van der Waals surface area contributed by atoms with Crippen molar-refractivity contribution in [1.29, 1.82) is 0 Å². The zero-order valence-corrected chi connectivity index (χ0v) is 13.5. The van der Waals surface area contributed by atoms with Crippen LogP contribution in [0.4, 0.5) is 4.39 Å². The van der Waals surface area contributed by atoms with Crippen molar-refractivity contribution in [2.45, 2.75) is 51.5 Å². The van der Waals surface area contributed by atoms with Gasteiger partial charge in [0.1, 0.15) is 0 Å². The lowest BCUT2D eigenvalue weighted by Crippen LogP contribution is -2.28. The van der Waals surface area contributed by atoms with Crippen LogP contribution in [0.5, 0.6) is 5.75 Å². The largest absolute Gasteiger partial charge is 0.494 e. The van der Waals surface area contributed by atoms with Crippen LogP contribution in [0.2, 0.25) is 0 Å². The molecule has 0 aromatic heterocycles. The van der Waals surface area contributed by atoms with Crippen LogP contribution in [-0.4, -0.2) is 14.2 Å². The van der Waals surface area contributed by atoms with Crippen molar-refractivity contribution >= 4 is 0 Å². The first-order valence-corrected chi connectivity index (χ1v) is 8.20. The number of rotatable bonds is 6. The number of benzene rings is 1. The maximum atomic E-state index is 13.9. The smallest absolute Gasteiger partial charge is 0.165 e. The minimum Gasteiger partial charge on any atom is -0.494 e. The Kier molecular flexibility index (Phi) is 6.04. The number of nitrogens with one attached hydrogen (secondary N) is 1. The second kappa shape index (κ2) is 7.79. The minimum atomic E-state index is -0.269. The van der Waals surface area contributed by atoms with Crippen LogP contribution in [-0.2, 0) is 0 Å². The second-order valence-electron chi connectivity index (χ2n) is 6.23. The van der Waals surface area contributed by atoms with Gasteiger partial charge in [-0.3, -0.25) is 0 Å². The highest BCUT2D eigenvalue weighted by Gasteiger charge is 2.27. The molecule has 21 heavy (non-hydrogen) atoms. The van der Waals surface area contributed by atoms with Crippen LogP contribution in [0.25, 0.3) is 0 Å². The van der Waals surface area contributed by atoms with Crippen molar-refractivity contribution in [3.8, 4) is 5.75 Å². The van der Waals surface area contributed by atoms with E-state index in [1.807, 2.05) is 13.1 Å². The predicted molar refractivity (Wildman–Crippen MR) is 85.1 cm³/mol. The molecule has 0 aliphatic heterocycles. The molecule has 1 atom stereocenters. The van der Waals surface area contributed by atoms with Crippen LogP contribution < -0.4 is 10.1 Å². The van der Waals surface area contributed by atoms with Crippen molar-refractivity contribution in [3.05, 3.63) is 29.6 Å². The van der Waals surface area contributed by atoms with Gasteiger partial charge < -0.3 is 10.1 Å². The lowest BCUT2D eigenvalue weighted by Gasteiger charge is -2.34. The maximum Gasteiger partial charge on any atom is 0.165 e. The molecule has 2 nitrogen and oxygen atoms in total. The summed E-state index contributed by atoms with van der Waals surface area (Å²) in [4.78, 5) is 0. The Bertz CT molecular complexity index is 441. The first-order valence-electron chi connectivity index (χ1n) is 8.20. The summed E-state index contributed by atoms with van der Waals surface area (Å²) in [5, 5.41) is 3.39. The van der Waals surface area contributed by atoms with E-state index < -0.39 is 0 Å². The summed E-state index contributed by atoms with van der Waals surface area (Å²) in [6.45, 7) is 2.27. The normalized spacial score (nSPS) is 23.8. The summed E-state index contributed by atoms with van der Waals surface area (Å²) < 4.78 is 18.9. The minimum absolute atomic E-state index is 0.244. The van der Waals surface area contributed by atoms with Gasteiger partial charge in [-0.15, -0.1) is 0 Å². The van der Waals surface area contributed by atoms with E-state index in [0.29, 0.717) is 11.7 Å². The van der Waals surface area contributed by atoms with Gasteiger partial charge in [-0.1, -0.05) is 38.7 Å². The van der Waals surface area contributed by atoms with Gasteiger partial charge in [-0.25, -0.2) is 4.39 Å². The molecule has 3 heteroatoms. The number of hydrogen-bond acceptors (Lipinski definition) is 2. The van der Waals surface area contributed by atoms with Gasteiger partial charge in [0, 0.05) is 6.04 Å². The zero-order valence-electron chi connectivity index (χ0n) is 13.5. The van der Waals surface area contributed by atoms with Gasteiger partial charge in [0.15, 0.2) is 11.6 Å². The molecule has 1 aliphatic carbocycles. The van der Waals surface area contributed by atoms with Crippen molar-refractivity contribution in [2.75, 3.05) is 14.2 Å². The predicted octanol–water partition coefficient (Wildman–Crippen LogP) is 4.70. The van der Waals surface area contributed by atoms with Gasteiger partial charge in [0.05, 0.1) is 7.11 Å². The fraction of sp³-hybridized carbons (Fsp3) is 0.667. The third kappa shape index (κ3) is 3.97. The molecule has 0 bridgehead atoms. The molecule has 1 fully saturated rings. The lowest BCUT2D eigenvalue weighted by molar-refractivity contribution is 0.219. The molecule has 1 aromatic carbocycles. The van der Waals surface area contributed by atoms with Crippen LogP contribution in [0.15, 0.2) is 18.2 Å². The third-order valence-corrected chi connectivity index (χ3v) is 4.91. The van der Waals surface area contributed by atoms with Gasteiger partial charge >= 0.3 is 0 Å². The molecule has 2 rings (SSSR count). The molecule has 1 unspecified atom stereocenters. The molecular formula is C18H28FNO. The van der Waals surface area contributed by atoms with E-state index in [-0.39, 0.29) is 11.9 Å². The Labute approximate surface area is 128 Å². The van der Waals surface area contributed by atoms with Gasteiger partial charge in [-0.2, -0.15) is 0 Å². The second-order valence-corrected chi connectivity index (χ2v) is 6.23. The van der Waals surface area contributed by atoms with E-state index >= 15 is 0 Å². The highest BCUT2D eigenvalue weighted by Crippen LogP contribution is 2.38. The standard InChI is InChI=1S/C18H28FNO/c1-4-5-13-6-8-14(9-7-13)18(20-2)15-10-11-17(21-3)16(19)12-15/h10-14,18,20H,4-9H2,1-3H3. The molecule has 1 aliphatic rings. The molecule has 1 saturated carbocycles. The fourth-order valence-corrected chi connectivity index (χ4v) is 3.77. The van der Waals surface area contributed by atoms with Crippen molar-refractivity contribution in [2.24, 2.45) is 11.8 Å². The maximum absolute atomic E-state index is 13.9. The summed E-state index contributed by atoms with van der Waals surface area (Å²) in [5.41, 5.74) is 1.04. The first kappa shape index (κ1) is 16.3. The van der Waals surface area contributed by atoms with Crippen LogP contribution in [0, 0.1) is 17.7 Å². The molecule has 0 amide bonds. The van der Waals surface area contributed by atoms with Gasteiger partial charge in [0.25, 0.3) is 0 Å². The van der Waals surface area contributed by atoms with Crippen molar-refractivity contribution in [3.63, 3.8) is 0 Å². The van der Waals surface area contributed by atoms with E-state index in [1.54, 1.807) is 12.1 Å². The van der Waals surface area contributed by atoms with E-state index in [2.05, 4.69) is 12.2 Å². The molecule has 0 saturated heterocycles. The van der Waals surface area contributed by atoms with Crippen LogP contribution >= 0.6 is 0 Å². The topological polar surface area (TPSA) is 21.3 Å². The Hall–Kier alpha value is -1.09. The van der Waals surface area contributed by atoms with Gasteiger partial charge in [-0.05, 0) is 49.4 Å². The molecule has 0 heterocycles. The molecule has 0 radical (unpaired) electrons. The fourth-order valence-electron chi connectivity index (χ4n) is 3.77. The molecule has 118 valence electrons. The number of methoxy groups -OCH3 is 1. The average Bonchev–Trinajstić information content (AvgIpc) is 2.50. The molecule has 1 aromatic rings. The van der Waals surface area contributed by atoms with Gasteiger partial charge in [0.2, 0.25) is 0 Å². The molecular weight excluding hydrogens is 265 g/mol. The van der Waals surface area contributed by atoms with Crippen molar-refractivity contribution < 1.29 is 9.13 Å². The molecule has 0 spiro atoms. The Balaban J connectivity index is 2.05. The summed E-state index contributed by atoms with van der Waals surface area (Å²) in [6.07, 6.45) is 7.75. The monoisotopic (exact) mass is 293 g/mol. The summed E-state index contributed by atoms with van der Waals surface area (Å²) in [5.74, 6) is 1.56. The number of halogens is 1. The highest BCUT2D eigenvalue weighted by atomic mass is 19.1. The summed E-state index contributed by atoms with van der Waals surface area (Å²) >= 11 is 0. The van der Waals surface area contributed by atoms with E-state index in [1.165, 1.54) is 45.6 Å². The Morgan fingerprint density at radius 1 is 1.29 bits per heavy atom. The van der Waals surface area contributed by atoms with Crippen molar-refractivity contribution in [1.82, 2.24) is 5.32 Å². The first-order chi connectivity index (χ1) is 10.2. The SMILES string of the molecule is CCCC1CCC(C(NC)c2ccc(OC)c(F)c2)CC1. The third-order valence-electron chi connectivity index (χ3n) is 4.91. The van der Waals surface area contributed by atoms with Crippen LogP contribution in [0.3, 0.4) is 0 Å². The molecule has 1 N–H and O–H groups in total. The quantitative estimate of drug-likeness (QED) is 0.820. The number of ether oxygens (including phenoxy) is 1. The van der Waals surface area contributed by atoms with E-state index in [4.69, 9.17) is 4.74 Å². The summed E-state index contributed by atoms with van der Waals surface area (Å²) in [6, 6.07) is 5.59. The average molecular weight is 293 g/mol. The zero-order chi connectivity index (χ0) is 15.2. The number of hydrogen-bond donors (Lipinski definition) is 1. The van der Waals surface area contributed by atoms with E-state index in [0.717, 1.165) is 11.5 Å². The Morgan fingerprint density at radius 3 is 2.52 bits per heavy atom. The van der Waals surface area contributed by atoms with E-state index in [9.17, 15) is 4.39 Å². The Morgan fingerprint density at radius 2 is 2.00 bits per heavy atom. The highest BCUT2D eigenvalue weighted by molar-refractivity contribution is 5.31.